The zero-order valence-corrected chi connectivity index (χ0v) is 34.2. The predicted molar refractivity (Wildman–Crippen MR) is 232 cm³/mol. The Morgan fingerprint density at radius 3 is 1.35 bits per heavy atom. The second kappa shape index (κ2) is 13.9. The molecule has 1 heterocycles. The van der Waals surface area contributed by atoms with Gasteiger partial charge in [-0.2, -0.15) is 0 Å². The third-order valence-electron chi connectivity index (χ3n) is 11.8. The highest BCUT2D eigenvalue weighted by molar-refractivity contribution is 9.10. The van der Waals surface area contributed by atoms with Crippen molar-refractivity contribution >= 4 is 39.9 Å². The fourth-order valence-electron chi connectivity index (χ4n) is 7.87. The number of fused-ring (bicyclic) bond motifs is 6. The third-order valence-corrected chi connectivity index (χ3v) is 12.4. The molecule has 6 aromatic rings. The summed E-state index contributed by atoms with van der Waals surface area (Å²) >= 11 is 3.29. The molecule has 4 nitrogen and oxygen atoms in total. The summed E-state index contributed by atoms with van der Waals surface area (Å²) in [7, 11) is -0.306. The van der Waals surface area contributed by atoms with Gasteiger partial charge in [-0.3, -0.25) is 0 Å². The maximum absolute atomic E-state index is 6.23. The van der Waals surface area contributed by atoms with Gasteiger partial charge in [-0.15, -0.1) is 0 Å². The van der Waals surface area contributed by atoms with E-state index in [0.29, 0.717) is 0 Å². The van der Waals surface area contributed by atoms with Crippen molar-refractivity contribution in [1.82, 2.24) is 0 Å². The average Bonchev–Trinajstić information content (AvgIpc) is 3.63. The summed E-state index contributed by atoms with van der Waals surface area (Å²) < 4.78 is 13.5. The highest BCUT2D eigenvalue weighted by atomic mass is 79.9. The van der Waals surface area contributed by atoms with Gasteiger partial charge in [-0.1, -0.05) is 135 Å². The summed E-state index contributed by atoms with van der Waals surface area (Å²) in [5, 5.41) is 0. The van der Waals surface area contributed by atoms with Crippen molar-refractivity contribution in [2.45, 2.75) is 77.4 Å². The molecule has 1 saturated heterocycles. The lowest BCUT2D eigenvalue weighted by Crippen LogP contribution is -2.41. The Bertz CT molecular complexity index is 2290. The lowest BCUT2D eigenvalue weighted by Gasteiger charge is -2.32. The van der Waals surface area contributed by atoms with Crippen LogP contribution in [0.1, 0.15) is 77.6 Å². The molecule has 1 aliphatic heterocycles. The van der Waals surface area contributed by atoms with Crippen molar-refractivity contribution in [3.05, 3.63) is 160 Å². The van der Waals surface area contributed by atoms with Crippen molar-refractivity contribution in [2.75, 3.05) is 11.5 Å². The van der Waals surface area contributed by atoms with Crippen molar-refractivity contribution in [2.24, 2.45) is 0 Å². The average molecular weight is 778 g/mol. The fraction of sp³-hybridized carbons (Fsp3) is 0.250. The summed E-state index contributed by atoms with van der Waals surface area (Å²) in [6.07, 6.45) is 0. The molecular weight excluding hydrogens is 727 g/mol. The van der Waals surface area contributed by atoms with E-state index in [0.717, 1.165) is 21.3 Å². The van der Waals surface area contributed by atoms with Gasteiger partial charge in [0.25, 0.3) is 0 Å². The number of rotatable bonds is 2. The highest BCUT2D eigenvalue weighted by Gasteiger charge is 2.52. The lowest BCUT2D eigenvalue weighted by molar-refractivity contribution is 0.00578. The van der Waals surface area contributed by atoms with E-state index in [1.165, 1.54) is 55.6 Å². The second-order valence-electron chi connectivity index (χ2n) is 16.7. The van der Waals surface area contributed by atoms with Crippen LogP contribution < -0.4 is 16.9 Å². The van der Waals surface area contributed by atoms with Crippen LogP contribution in [-0.2, 0) is 20.1 Å². The van der Waals surface area contributed by atoms with Crippen LogP contribution >= 0.6 is 15.9 Å². The lowest BCUT2D eigenvalue weighted by atomic mass is 9.74. The van der Waals surface area contributed by atoms with E-state index in [1.807, 2.05) is 36.4 Å². The first-order chi connectivity index (χ1) is 25.5. The van der Waals surface area contributed by atoms with Gasteiger partial charge in [0.05, 0.1) is 11.2 Å². The van der Waals surface area contributed by atoms with Crippen molar-refractivity contribution in [3.63, 3.8) is 0 Å². The van der Waals surface area contributed by atoms with E-state index in [4.69, 9.17) is 20.8 Å². The van der Waals surface area contributed by atoms with Crippen LogP contribution in [0, 0.1) is 0 Å². The van der Waals surface area contributed by atoms with E-state index in [-0.39, 0.29) is 29.2 Å². The van der Waals surface area contributed by atoms with Gasteiger partial charge in [0.1, 0.15) is 0 Å². The Kier molecular flexibility index (Phi) is 9.71. The van der Waals surface area contributed by atoms with Crippen LogP contribution in [0.15, 0.2) is 138 Å². The SMILES string of the molecule is CC1(C)c2ccccc2-c2ccc(-c3ccc(N)cc3)cc21.CC1(C)c2ccccc2-c2ccc(B3OC(C)(C)C(C)(C)O3)cc21.Nc1ccc(Br)cc1. The minimum absolute atomic E-state index is 0.00553. The molecule has 0 saturated carbocycles. The molecule has 2 aliphatic carbocycles. The van der Waals surface area contributed by atoms with Crippen LogP contribution in [0.2, 0.25) is 0 Å². The molecule has 274 valence electrons. The maximum atomic E-state index is 6.23. The first kappa shape index (κ1) is 37.7. The van der Waals surface area contributed by atoms with E-state index in [1.54, 1.807) is 0 Å². The fourth-order valence-corrected chi connectivity index (χ4v) is 8.13. The predicted octanol–water partition coefficient (Wildman–Crippen LogP) is 11.6. The molecule has 0 unspecified atom stereocenters. The van der Waals surface area contributed by atoms with Crippen LogP contribution in [0.3, 0.4) is 0 Å². The Morgan fingerprint density at radius 1 is 0.444 bits per heavy atom. The molecule has 54 heavy (non-hydrogen) atoms. The molecule has 0 aromatic heterocycles. The van der Waals surface area contributed by atoms with Gasteiger partial charge in [-0.05, 0) is 131 Å². The standard InChI is InChI=1S/C21H25BO2.C21H19N.C6H6BrN/c1-19(2)17-10-8-7-9-15(17)16-12-11-14(13-18(16)19)22-23-20(3,4)21(5,6)24-22;1-21(2)19-6-4-3-5-17(19)18-12-9-15(13-20(18)21)14-7-10-16(22)11-8-14;7-5-1-3-6(8)4-2-5/h7-13H,1-6H3;3-13H,22H2,1-2H3;1-4H,8H2. The molecule has 0 atom stereocenters. The van der Waals surface area contributed by atoms with E-state index >= 15 is 0 Å². The molecule has 1 fully saturated rings. The topological polar surface area (TPSA) is 70.5 Å². The van der Waals surface area contributed by atoms with Crippen molar-refractivity contribution < 1.29 is 9.31 Å². The first-order valence-electron chi connectivity index (χ1n) is 18.7. The van der Waals surface area contributed by atoms with Crippen LogP contribution in [-0.4, -0.2) is 18.3 Å². The molecule has 6 heteroatoms. The van der Waals surface area contributed by atoms with Gasteiger partial charge in [0.2, 0.25) is 0 Å². The van der Waals surface area contributed by atoms with Gasteiger partial charge in [-0.25, -0.2) is 0 Å². The number of halogens is 1. The number of hydrogen-bond acceptors (Lipinski definition) is 4. The minimum Gasteiger partial charge on any atom is -0.399 e. The van der Waals surface area contributed by atoms with Crippen LogP contribution in [0.25, 0.3) is 33.4 Å². The van der Waals surface area contributed by atoms with Gasteiger partial charge in [0.15, 0.2) is 0 Å². The largest absolute Gasteiger partial charge is 0.494 e. The molecule has 3 aliphatic rings. The molecule has 0 radical (unpaired) electrons. The minimum atomic E-state index is -0.310. The Balaban J connectivity index is 0.000000139. The summed E-state index contributed by atoms with van der Waals surface area (Å²) in [4.78, 5) is 0. The van der Waals surface area contributed by atoms with E-state index < -0.39 is 0 Å². The molecule has 4 N–H and O–H groups in total. The zero-order valence-electron chi connectivity index (χ0n) is 32.6. The van der Waals surface area contributed by atoms with Gasteiger partial charge >= 0.3 is 7.12 Å². The molecular formula is C48H50BBrN2O2. The van der Waals surface area contributed by atoms with E-state index in [9.17, 15) is 0 Å². The molecule has 0 spiro atoms. The number of nitrogens with two attached hydrogens (primary N) is 2. The third kappa shape index (κ3) is 6.81. The zero-order chi connectivity index (χ0) is 38.6. The Morgan fingerprint density at radius 2 is 0.852 bits per heavy atom. The van der Waals surface area contributed by atoms with Crippen LogP contribution in [0.5, 0.6) is 0 Å². The molecule has 0 bridgehead atoms. The highest BCUT2D eigenvalue weighted by Crippen LogP contribution is 2.50. The Labute approximate surface area is 330 Å². The summed E-state index contributed by atoms with van der Waals surface area (Å²) in [5.41, 5.74) is 26.8. The number of hydrogen-bond donors (Lipinski definition) is 2. The summed E-state index contributed by atoms with van der Waals surface area (Å²) in [5.74, 6) is 0. The summed E-state index contributed by atoms with van der Waals surface area (Å²) in [6, 6.07) is 46.5. The molecule has 0 amide bonds. The normalized spacial score (nSPS) is 17.2. The van der Waals surface area contributed by atoms with Gasteiger partial charge in [0, 0.05) is 26.7 Å². The number of benzene rings is 6. The smallest absolute Gasteiger partial charge is 0.399 e. The monoisotopic (exact) mass is 776 g/mol. The van der Waals surface area contributed by atoms with Crippen molar-refractivity contribution in [3.8, 4) is 33.4 Å². The van der Waals surface area contributed by atoms with Crippen LogP contribution in [0.4, 0.5) is 11.4 Å². The van der Waals surface area contributed by atoms with E-state index in [2.05, 4.69) is 168 Å². The Hall–Kier alpha value is -4.62. The van der Waals surface area contributed by atoms with Gasteiger partial charge < -0.3 is 20.8 Å². The number of anilines is 2. The second-order valence-corrected chi connectivity index (χ2v) is 17.6. The molecule has 9 rings (SSSR count). The molecule has 6 aromatic carbocycles. The summed E-state index contributed by atoms with van der Waals surface area (Å²) in [6.45, 7) is 17.6. The number of nitrogen functional groups attached to an aromatic ring is 2. The van der Waals surface area contributed by atoms with Crippen molar-refractivity contribution in [1.29, 1.82) is 0 Å². The first-order valence-corrected chi connectivity index (χ1v) is 19.5. The maximum Gasteiger partial charge on any atom is 0.494 e. The quantitative estimate of drug-likeness (QED) is 0.136.